The summed E-state index contributed by atoms with van der Waals surface area (Å²) in [7, 11) is 0. The van der Waals surface area contributed by atoms with E-state index in [0.717, 1.165) is 16.7 Å². The van der Waals surface area contributed by atoms with Crippen molar-refractivity contribution in [2.24, 2.45) is 0 Å². The molecule has 5 rings (SSSR count). The molecule has 3 aromatic carbocycles. The van der Waals surface area contributed by atoms with E-state index in [2.05, 4.69) is 10.6 Å². The minimum Gasteiger partial charge on any atom is -0.508 e. The van der Waals surface area contributed by atoms with Gasteiger partial charge >= 0.3 is 0 Å². The third-order valence-corrected chi connectivity index (χ3v) is 6.39. The van der Waals surface area contributed by atoms with E-state index in [1.54, 1.807) is 24.3 Å². The number of aromatic hydroxyl groups is 1. The number of amides is 1. The number of phenolic OH excluding ortho intramolecular Hbond substituents is 1. The molecule has 2 aliphatic rings. The first-order valence-corrected chi connectivity index (χ1v) is 10.2. The van der Waals surface area contributed by atoms with Crippen molar-refractivity contribution in [2.45, 2.75) is 30.0 Å². The lowest BCUT2D eigenvalue weighted by Crippen LogP contribution is -2.49. The molecule has 4 unspecified atom stereocenters. The van der Waals surface area contributed by atoms with Crippen molar-refractivity contribution in [1.82, 2.24) is 5.32 Å². The number of nitrogens with one attached hydrogen (secondary N) is 2. The minimum atomic E-state index is -1.24. The number of benzene rings is 3. The third-order valence-electron chi connectivity index (χ3n) is 6.39. The van der Waals surface area contributed by atoms with Crippen LogP contribution >= 0.6 is 0 Å². The molecule has 1 saturated heterocycles. The maximum Gasteiger partial charge on any atom is 0.250 e. The Morgan fingerprint density at radius 1 is 0.968 bits per heavy atom. The molecule has 0 aliphatic carbocycles. The van der Waals surface area contributed by atoms with Crippen molar-refractivity contribution in [3.63, 3.8) is 0 Å². The lowest BCUT2D eigenvalue weighted by atomic mass is 9.74. The second kappa shape index (κ2) is 7.21. The lowest BCUT2D eigenvalue weighted by Gasteiger charge is -2.29. The van der Waals surface area contributed by atoms with E-state index < -0.39 is 23.5 Å². The first-order chi connectivity index (χ1) is 15.0. The number of phenols is 1. The Morgan fingerprint density at radius 3 is 2.35 bits per heavy atom. The van der Waals surface area contributed by atoms with Crippen LogP contribution in [0.15, 0.2) is 78.9 Å². The molecule has 7 heteroatoms. The Hall–Kier alpha value is -3.71. The lowest BCUT2D eigenvalue weighted by molar-refractivity contribution is -0.526. The predicted octanol–water partition coefficient (Wildman–Crippen LogP) is 3.18. The van der Waals surface area contributed by atoms with Crippen molar-refractivity contribution >= 4 is 11.6 Å². The van der Waals surface area contributed by atoms with E-state index in [1.165, 1.54) is 0 Å². The van der Waals surface area contributed by atoms with Gasteiger partial charge in [-0.15, -0.1) is 0 Å². The zero-order valence-corrected chi connectivity index (χ0v) is 16.6. The highest BCUT2D eigenvalue weighted by molar-refractivity contribution is 6.07. The zero-order valence-electron chi connectivity index (χ0n) is 16.6. The van der Waals surface area contributed by atoms with E-state index in [9.17, 15) is 20.0 Å². The molecule has 4 atom stereocenters. The van der Waals surface area contributed by atoms with Crippen LogP contribution in [-0.2, 0) is 16.8 Å². The maximum absolute atomic E-state index is 13.4. The number of nitrogens with zero attached hydrogens (tertiary/aromatic N) is 1. The standard InChI is InChI=1S/C24H21N3O4/c28-17-12-10-15(11-13-17)14-20-22(27(30)31)21(16-6-2-1-3-7-16)24(26-20)18-8-4-5-9-19(18)25-23(24)29/h1-13,20-22,26,28H,14H2,(H,25,29). The number of carbonyl (C=O) groups is 1. The van der Waals surface area contributed by atoms with Gasteiger partial charge in [-0.05, 0) is 35.7 Å². The average molecular weight is 415 g/mol. The zero-order chi connectivity index (χ0) is 21.6. The summed E-state index contributed by atoms with van der Waals surface area (Å²) in [6.45, 7) is 0. The molecule has 31 heavy (non-hydrogen) atoms. The van der Waals surface area contributed by atoms with Gasteiger partial charge in [0, 0.05) is 16.2 Å². The van der Waals surface area contributed by atoms with Gasteiger partial charge in [0.2, 0.25) is 11.9 Å². The van der Waals surface area contributed by atoms with Crippen LogP contribution in [0.3, 0.4) is 0 Å². The molecule has 1 fully saturated rings. The molecular weight excluding hydrogens is 394 g/mol. The summed E-state index contributed by atoms with van der Waals surface area (Å²) >= 11 is 0. The quantitative estimate of drug-likeness (QED) is 0.448. The highest BCUT2D eigenvalue weighted by atomic mass is 16.6. The molecule has 2 aliphatic heterocycles. The summed E-state index contributed by atoms with van der Waals surface area (Å²) in [6.07, 6.45) is 0.354. The highest BCUT2D eigenvalue weighted by Gasteiger charge is 2.66. The van der Waals surface area contributed by atoms with Crippen LogP contribution in [-0.4, -0.2) is 28.0 Å². The summed E-state index contributed by atoms with van der Waals surface area (Å²) in [5.41, 5.74) is 1.76. The number of hydrogen-bond donors (Lipinski definition) is 3. The number of rotatable bonds is 4. The Labute approximate surface area is 178 Å². The van der Waals surface area contributed by atoms with Gasteiger partial charge in [0.1, 0.15) is 11.3 Å². The maximum atomic E-state index is 13.4. The summed E-state index contributed by atoms with van der Waals surface area (Å²) in [5.74, 6) is -0.825. The van der Waals surface area contributed by atoms with Crippen LogP contribution in [0.25, 0.3) is 0 Å². The number of carbonyl (C=O) groups excluding carboxylic acids is 1. The Kier molecular flexibility index (Phi) is 4.48. The van der Waals surface area contributed by atoms with Gasteiger partial charge in [-0.1, -0.05) is 60.7 Å². The summed E-state index contributed by atoms with van der Waals surface area (Å²) in [5, 5.41) is 28.3. The second-order valence-electron chi connectivity index (χ2n) is 8.09. The molecule has 1 spiro atoms. The Bertz CT molecular complexity index is 1150. The van der Waals surface area contributed by atoms with E-state index in [0.29, 0.717) is 12.1 Å². The van der Waals surface area contributed by atoms with Gasteiger partial charge in [-0.2, -0.15) is 0 Å². The number of para-hydroxylation sites is 1. The summed E-state index contributed by atoms with van der Waals surface area (Å²) in [4.78, 5) is 25.5. The number of hydrogen-bond acceptors (Lipinski definition) is 5. The second-order valence-corrected chi connectivity index (χ2v) is 8.09. The number of fused-ring (bicyclic) bond motifs is 2. The smallest absolute Gasteiger partial charge is 0.250 e. The topological polar surface area (TPSA) is 104 Å². The van der Waals surface area contributed by atoms with Crippen LogP contribution in [0.5, 0.6) is 5.75 Å². The van der Waals surface area contributed by atoms with E-state index in [1.807, 2.05) is 54.6 Å². The van der Waals surface area contributed by atoms with Crippen molar-refractivity contribution in [3.05, 3.63) is 106 Å². The van der Waals surface area contributed by atoms with Gasteiger partial charge in [-0.25, -0.2) is 0 Å². The van der Waals surface area contributed by atoms with Gasteiger partial charge in [0.25, 0.3) is 0 Å². The van der Waals surface area contributed by atoms with E-state index >= 15 is 0 Å². The fourth-order valence-corrected chi connectivity index (χ4v) is 5.12. The first-order valence-electron chi connectivity index (χ1n) is 10.2. The van der Waals surface area contributed by atoms with E-state index in [4.69, 9.17) is 0 Å². The average Bonchev–Trinajstić information content (AvgIpc) is 3.26. The summed E-state index contributed by atoms with van der Waals surface area (Å²) in [6, 6.07) is 21.6. The van der Waals surface area contributed by atoms with Gasteiger partial charge < -0.3 is 10.4 Å². The molecule has 3 N–H and O–H groups in total. The number of anilines is 1. The molecule has 0 saturated carbocycles. The van der Waals surface area contributed by atoms with Crippen molar-refractivity contribution < 1.29 is 14.8 Å². The molecule has 1 amide bonds. The minimum absolute atomic E-state index is 0.136. The third kappa shape index (κ3) is 2.97. The molecular formula is C24H21N3O4. The van der Waals surface area contributed by atoms with Gasteiger partial charge in [0.05, 0.1) is 12.0 Å². The Balaban J connectivity index is 1.67. The predicted molar refractivity (Wildman–Crippen MR) is 115 cm³/mol. The van der Waals surface area contributed by atoms with Crippen LogP contribution in [0.1, 0.15) is 22.6 Å². The van der Waals surface area contributed by atoms with Crippen LogP contribution < -0.4 is 10.6 Å². The molecule has 2 heterocycles. The summed E-state index contributed by atoms with van der Waals surface area (Å²) < 4.78 is 0. The Morgan fingerprint density at radius 2 is 1.65 bits per heavy atom. The van der Waals surface area contributed by atoms with Gasteiger partial charge in [-0.3, -0.25) is 20.2 Å². The van der Waals surface area contributed by atoms with Crippen LogP contribution in [0.2, 0.25) is 0 Å². The molecule has 7 nitrogen and oxygen atoms in total. The molecule has 0 radical (unpaired) electrons. The fourth-order valence-electron chi connectivity index (χ4n) is 5.12. The normalized spacial score (nSPS) is 26.6. The number of nitro groups is 1. The van der Waals surface area contributed by atoms with Crippen molar-refractivity contribution in [2.75, 3.05) is 5.32 Å². The molecule has 156 valence electrons. The highest BCUT2D eigenvalue weighted by Crippen LogP contribution is 2.52. The van der Waals surface area contributed by atoms with Crippen LogP contribution in [0.4, 0.5) is 5.69 Å². The van der Waals surface area contributed by atoms with Crippen molar-refractivity contribution in [3.8, 4) is 5.75 Å². The molecule has 3 aromatic rings. The fraction of sp³-hybridized carbons (Fsp3) is 0.208. The molecule has 0 bridgehead atoms. The van der Waals surface area contributed by atoms with Gasteiger partial charge in [0.15, 0.2) is 0 Å². The SMILES string of the molecule is O=C1Nc2ccccc2C12NC(Cc1ccc(O)cc1)C([N+](=O)[O-])C2c1ccccc1. The molecule has 0 aromatic heterocycles. The first kappa shape index (κ1) is 19.3. The monoisotopic (exact) mass is 415 g/mol. The van der Waals surface area contributed by atoms with E-state index in [-0.39, 0.29) is 16.6 Å². The van der Waals surface area contributed by atoms with Crippen molar-refractivity contribution in [1.29, 1.82) is 0 Å². The largest absolute Gasteiger partial charge is 0.508 e. The van der Waals surface area contributed by atoms with Crippen LogP contribution in [0, 0.1) is 10.1 Å².